The van der Waals surface area contributed by atoms with Crippen molar-refractivity contribution >= 4 is 39.4 Å². The largest absolute Gasteiger partial charge is 0.344 e. The van der Waals surface area contributed by atoms with Crippen molar-refractivity contribution in [1.29, 1.82) is 0 Å². The molecule has 0 aromatic heterocycles. The van der Waals surface area contributed by atoms with E-state index in [4.69, 9.17) is 6.42 Å². The van der Waals surface area contributed by atoms with Gasteiger partial charge in [0.2, 0.25) is 17.6 Å². The standard InChI is InChI=1S/C39H61N5O7S/c1-7-22-40-34(47)31(45)28(19-18-25-16-17-25)41-33(46)30-29-27(38(29,5)6)23-44(30)35(48)32(37(2,3)4)42-36(49)43-39(20-12-9-13-21-39)24-52(50,51)26-14-10-8-11-15-26/h1,25-30,32H,8-24H2,2-6H3,(H,40,47)(H,41,46)(H2,42,43,49)/t27-,28-,29-,30-,32+/m0/s1. The van der Waals surface area contributed by atoms with E-state index in [1.165, 1.54) is 4.90 Å². The number of sulfone groups is 1. The smallest absolute Gasteiger partial charge is 0.315 e. The predicted molar refractivity (Wildman–Crippen MR) is 198 cm³/mol. The van der Waals surface area contributed by atoms with E-state index in [2.05, 4.69) is 41.0 Å². The topological polar surface area (TPSA) is 171 Å². The number of Topliss-reactive ketones (excluding diaryl/α,β-unsaturated/α-hetero) is 1. The van der Waals surface area contributed by atoms with E-state index in [1.807, 2.05) is 20.8 Å². The summed E-state index contributed by atoms with van der Waals surface area (Å²) >= 11 is 0. The van der Waals surface area contributed by atoms with Crippen LogP contribution in [0, 0.1) is 40.9 Å². The lowest BCUT2D eigenvalue weighted by molar-refractivity contribution is -0.145. The van der Waals surface area contributed by atoms with Gasteiger partial charge in [-0.05, 0) is 67.1 Å². The number of likely N-dealkylation sites (tertiary alicyclic amines) is 1. The fourth-order valence-corrected chi connectivity index (χ4v) is 11.6. The van der Waals surface area contributed by atoms with Crippen LogP contribution in [-0.2, 0) is 29.0 Å². The molecule has 5 fully saturated rings. The number of rotatable bonds is 14. The summed E-state index contributed by atoms with van der Waals surface area (Å²) in [4.78, 5) is 70.0. The fourth-order valence-electron chi connectivity index (χ4n) is 9.21. The van der Waals surface area contributed by atoms with E-state index in [0.29, 0.717) is 51.0 Å². The molecule has 5 aliphatic rings. The Labute approximate surface area is 310 Å². The van der Waals surface area contributed by atoms with Crippen molar-refractivity contribution in [2.24, 2.45) is 28.6 Å². The van der Waals surface area contributed by atoms with Crippen LogP contribution in [0.4, 0.5) is 4.79 Å². The molecule has 5 atom stereocenters. The van der Waals surface area contributed by atoms with Crippen molar-refractivity contribution in [2.75, 3.05) is 18.8 Å². The Bertz CT molecular complexity index is 1530. The molecule has 1 aliphatic heterocycles. The first-order valence-electron chi connectivity index (χ1n) is 19.6. The molecule has 0 bridgehead atoms. The number of urea groups is 1. The number of hydrogen-bond donors (Lipinski definition) is 4. The second kappa shape index (κ2) is 15.7. The molecule has 1 heterocycles. The molecule has 12 nitrogen and oxygen atoms in total. The first-order chi connectivity index (χ1) is 24.4. The molecule has 0 spiro atoms. The van der Waals surface area contributed by atoms with Crippen molar-refractivity contribution in [3.8, 4) is 12.3 Å². The Balaban J connectivity index is 1.33. The first kappa shape index (κ1) is 40.1. The van der Waals surface area contributed by atoms with Crippen molar-refractivity contribution < 1.29 is 32.4 Å². The highest BCUT2D eigenvalue weighted by molar-refractivity contribution is 7.92. The van der Waals surface area contributed by atoms with E-state index >= 15 is 0 Å². The highest BCUT2D eigenvalue weighted by Crippen LogP contribution is 2.65. The molecule has 5 amide bonds. The summed E-state index contributed by atoms with van der Waals surface area (Å²) in [5.74, 6) is 0.0115. The lowest BCUT2D eigenvalue weighted by Crippen LogP contribution is -2.64. The summed E-state index contributed by atoms with van der Waals surface area (Å²) in [5.41, 5.74) is -1.89. The van der Waals surface area contributed by atoms with Crippen LogP contribution in [-0.4, -0.2) is 90.6 Å². The van der Waals surface area contributed by atoms with Gasteiger partial charge in [-0.25, -0.2) is 13.2 Å². The number of carbonyl (C=O) groups is 5. The molecule has 52 heavy (non-hydrogen) atoms. The number of hydrogen-bond acceptors (Lipinski definition) is 7. The lowest BCUT2D eigenvalue weighted by atomic mass is 9.83. The van der Waals surface area contributed by atoms with Crippen molar-refractivity contribution in [3.63, 3.8) is 0 Å². The second-order valence-corrected chi connectivity index (χ2v) is 20.3. The maximum Gasteiger partial charge on any atom is 0.315 e. The van der Waals surface area contributed by atoms with Gasteiger partial charge in [0.25, 0.3) is 5.91 Å². The molecule has 4 N–H and O–H groups in total. The zero-order valence-corrected chi connectivity index (χ0v) is 32.7. The number of terminal acetylenes is 1. The molecule has 4 saturated carbocycles. The summed E-state index contributed by atoms with van der Waals surface area (Å²) in [6.45, 7) is 9.86. The molecular weight excluding hydrogens is 683 g/mol. The third-order valence-corrected chi connectivity index (χ3v) is 15.1. The van der Waals surface area contributed by atoms with Crippen LogP contribution in [0.5, 0.6) is 0 Å². The number of amides is 5. The van der Waals surface area contributed by atoms with Crippen LogP contribution < -0.4 is 21.3 Å². The zero-order valence-electron chi connectivity index (χ0n) is 31.9. The molecule has 0 aromatic rings. The van der Waals surface area contributed by atoms with Crippen molar-refractivity contribution in [2.45, 2.75) is 153 Å². The van der Waals surface area contributed by atoms with Gasteiger partial charge in [-0.3, -0.25) is 19.2 Å². The Hall–Kier alpha value is -3.14. The molecule has 0 unspecified atom stereocenters. The third-order valence-electron chi connectivity index (χ3n) is 12.6. The van der Waals surface area contributed by atoms with Crippen LogP contribution in [0.1, 0.15) is 125 Å². The van der Waals surface area contributed by atoms with Gasteiger partial charge in [-0.15, -0.1) is 6.42 Å². The maximum atomic E-state index is 14.6. The summed E-state index contributed by atoms with van der Waals surface area (Å²) < 4.78 is 27.3. The summed E-state index contributed by atoms with van der Waals surface area (Å²) in [6.07, 6.45) is 16.2. The van der Waals surface area contributed by atoms with Gasteiger partial charge in [-0.2, -0.15) is 0 Å². The van der Waals surface area contributed by atoms with Gasteiger partial charge >= 0.3 is 6.03 Å². The van der Waals surface area contributed by atoms with Crippen molar-refractivity contribution in [1.82, 2.24) is 26.2 Å². The minimum absolute atomic E-state index is 0.0525. The molecule has 5 rings (SSSR count). The van der Waals surface area contributed by atoms with Crippen molar-refractivity contribution in [3.05, 3.63) is 0 Å². The van der Waals surface area contributed by atoms with Gasteiger partial charge in [0.15, 0.2) is 9.84 Å². The summed E-state index contributed by atoms with van der Waals surface area (Å²) in [5, 5.41) is 10.9. The third kappa shape index (κ3) is 9.14. The molecule has 13 heteroatoms. The Kier molecular flexibility index (Phi) is 12.1. The molecular formula is C39H61N5O7S. The van der Waals surface area contributed by atoms with Crippen LogP contribution in [0.2, 0.25) is 0 Å². The second-order valence-electron chi connectivity index (χ2n) is 18.0. The molecule has 1 saturated heterocycles. The Morgan fingerprint density at radius 1 is 0.923 bits per heavy atom. The quantitative estimate of drug-likeness (QED) is 0.156. The summed E-state index contributed by atoms with van der Waals surface area (Å²) in [7, 11) is -3.45. The Morgan fingerprint density at radius 2 is 1.56 bits per heavy atom. The minimum Gasteiger partial charge on any atom is -0.344 e. The van der Waals surface area contributed by atoms with E-state index in [9.17, 15) is 32.4 Å². The van der Waals surface area contributed by atoms with E-state index in [1.54, 1.807) is 0 Å². The predicted octanol–water partition coefficient (Wildman–Crippen LogP) is 3.63. The van der Waals surface area contributed by atoms with Gasteiger partial charge < -0.3 is 26.2 Å². The zero-order chi connectivity index (χ0) is 38.1. The Morgan fingerprint density at radius 3 is 2.15 bits per heavy atom. The maximum absolute atomic E-state index is 14.6. The fraction of sp³-hybridized carbons (Fsp3) is 0.821. The van der Waals surface area contributed by atoms with Crippen LogP contribution in [0.25, 0.3) is 0 Å². The SMILES string of the molecule is C#CCNC(=O)C(=O)[C@H](CCC1CC1)NC(=O)[C@@H]1[C@@H]2[C@H](CN1C(=O)[C@@H](NC(=O)NC1(CS(=O)(=O)C3CCCCC3)CCCCC1)C(C)(C)C)C2(C)C. The number of piperidine rings is 1. The number of nitrogens with zero attached hydrogens (tertiary/aromatic N) is 1. The normalized spacial score (nSPS) is 26.5. The average Bonchev–Trinajstić information content (AvgIpc) is 3.95. The summed E-state index contributed by atoms with van der Waals surface area (Å²) in [6, 6.07) is -3.57. The number of carbonyl (C=O) groups excluding carboxylic acids is 5. The molecule has 0 aromatic carbocycles. The van der Waals surface area contributed by atoms with Crippen LogP contribution >= 0.6 is 0 Å². The van der Waals surface area contributed by atoms with E-state index < -0.39 is 68.5 Å². The average molecular weight is 744 g/mol. The highest BCUT2D eigenvalue weighted by atomic mass is 32.2. The molecule has 4 aliphatic carbocycles. The minimum atomic E-state index is -3.45. The van der Waals surface area contributed by atoms with Crippen LogP contribution in [0.3, 0.4) is 0 Å². The van der Waals surface area contributed by atoms with E-state index in [-0.39, 0.29) is 34.8 Å². The van der Waals surface area contributed by atoms with Gasteiger partial charge in [0.1, 0.15) is 12.1 Å². The lowest BCUT2D eigenvalue weighted by Gasteiger charge is -2.41. The highest BCUT2D eigenvalue weighted by Gasteiger charge is 2.70. The monoisotopic (exact) mass is 743 g/mol. The first-order valence-corrected chi connectivity index (χ1v) is 21.3. The van der Waals surface area contributed by atoms with E-state index in [0.717, 1.165) is 51.4 Å². The van der Waals surface area contributed by atoms with Gasteiger partial charge in [0, 0.05) is 6.54 Å². The number of nitrogens with one attached hydrogen (secondary N) is 4. The number of fused-ring (bicyclic) bond motifs is 1. The van der Waals surface area contributed by atoms with Crippen LogP contribution in [0.15, 0.2) is 0 Å². The van der Waals surface area contributed by atoms with Gasteiger partial charge in [0.05, 0.1) is 29.1 Å². The molecule has 290 valence electrons. The number of ketones is 1. The van der Waals surface area contributed by atoms with Gasteiger partial charge in [-0.1, -0.05) is 91.9 Å². The molecule has 0 radical (unpaired) electrons.